The number of nitrogens with two attached hydrogens (primary N) is 2. The number of nitrogens with zero attached hydrogens (tertiary/aromatic N) is 2. The van der Waals surface area contributed by atoms with Crippen molar-refractivity contribution in [3.8, 4) is 0 Å². The summed E-state index contributed by atoms with van der Waals surface area (Å²) in [5.74, 6) is 5.34. The molecule has 2 aromatic rings. The van der Waals surface area contributed by atoms with Crippen LogP contribution in [0.2, 0.25) is 5.02 Å². The van der Waals surface area contributed by atoms with E-state index in [1.807, 2.05) is 0 Å². The zero-order chi connectivity index (χ0) is 13.1. The van der Waals surface area contributed by atoms with E-state index in [2.05, 4.69) is 15.4 Å². The molecule has 0 aliphatic rings. The van der Waals surface area contributed by atoms with Crippen molar-refractivity contribution in [2.45, 2.75) is 6.04 Å². The number of anilines is 1. The Hall–Kier alpha value is -1.76. The lowest BCUT2D eigenvalue weighted by Gasteiger charge is -2.17. The molecule has 0 saturated carbocycles. The summed E-state index contributed by atoms with van der Waals surface area (Å²) in [4.78, 5) is 7.89. The van der Waals surface area contributed by atoms with Crippen molar-refractivity contribution >= 4 is 17.4 Å². The number of nitrogens with one attached hydrogen (secondary N) is 1. The molecular weight excluding hydrogens is 257 g/mol. The van der Waals surface area contributed by atoms with E-state index in [0.717, 1.165) is 6.20 Å². The minimum absolute atomic E-state index is 0.286. The number of hydrazine groups is 1. The van der Waals surface area contributed by atoms with Crippen LogP contribution < -0.4 is 17.0 Å². The highest BCUT2D eigenvalue weighted by atomic mass is 35.5. The van der Waals surface area contributed by atoms with E-state index in [0.29, 0.717) is 16.3 Å². The van der Waals surface area contributed by atoms with Gasteiger partial charge in [-0.3, -0.25) is 10.8 Å². The van der Waals surface area contributed by atoms with Crippen molar-refractivity contribution in [2.24, 2.45) is 5.84 Å². The van der Waals surface area contributed by atoms with E-state index in [1.165, 1.54) is 18.3 Å². The lowest BCUT2D eigenvalue weighted by atomic mass is 10.0. The van der Waals surface area contributed by atoms with Crippen LogP contribution in [-0.4, -0.2) is 9.97 Å². The van der Waals surface area contributed by atoms with Crippen LogP contribution >= 0.6 is 11.6 Å². The lowest BCUT2D eigenvalue weighted by molar-refractivity contribution is 0.596. The average Bonchev–Trinajstić information content (AvgIpc) is 2.37. The quantitative estimate of drug-likeness (QED) is 0.578. The van der Waals surface area contributed by atoms with Crippen LogP contribution in [0.1, 0.15) is 17.3 Å². The largest absolute Gasteiger partial charge is 0.383 e. The van der Waals surface area contributed by atoms with Crippen LogP contribution in [-0.2, 0) is 0 Å². The number of nitrogen functional groups attached to an aromatic ring is 1. The maximum atomic E-state index is 12.8. The van der Waals surface area contributed by atoms with E-state index in [1.54, 1.807) is 6.07 Å². The van der Waals surface area contributed by atoms with E-state index >= 15 is 0 Å². The highest BCUT2D eigenvalue weighted by molar-refractivity contribution is 6.30. The van der Waals surface area contributed by atoms with Gasteiger partial charge in [0.25, 0.3) is 0 Å². The Labute approximate surface area is 108 Å². The Morgan fingerprint density at radius 2 is 2.06 bits per heavy atom. The Morgan fingerprint density at radius 3 is 2.67 bits per heavy atom. The maximum absolute atomic E-state index is 12.8. The topological polar surface area (TPSA) is 89.8 Å². The van der Waals surface area contributed by atoms with Crippen LogP contribution in [0.5, 0.6) is 0 Å². The fourth-order valence-electron chi connectivity index (χ4n) is 1.59. The molecular formula is C11H11ClFN5. The molecule has 0 radical (unpaired) electrons. The van der Waals surface area contributed by atoms with Crippen molar-refractivity contribution in [1.29, 1.82) is 0 Å². The fourth-order valence-corrected chi connectivity index (χ4v) is 1.76. The smallest absolute Gasteiger partial charge is 0.141 e. The zero-order valence-corrected chi connectivity index (χ0v) is 10.0. The van der Waals surface area contributed by atoms with Gasteiger partial charge in [0.05, 0.1) is 23.0 Å². The van der Waals surface area contributed by atoms with E-state index < -0.39 is 11.9 Å². The summed E-state index contributed by atoms with van der Waals surface area (Å²) in [5.41, 5.74) is 9.43. The molecule has 0 aromatic carbocycles. The van der Waals surface area contributed by atoms with Gasteiger partial charge >= 0.3 is 0 Å². The molecule has 5 N–H and O–H groups in total. The second-order valence-electron chi connectivity index (χ2n) is 3.63. The molecule has 0 aliphatic heterocycles. The minimum atomic E-state index is -0.503. The lowest BCUT2D eigenvalue weighted by Crippen LogP contribution is -2.30. The molecule has 2 rings (SSSR count). The molecule has 0 spiro atoms. The van der Waals surface area contributed by atoms with E-state index in [-0.39, 0.29) is 5.82 Å². The first-order valence-corrected chi connectivity index (χ1v) is 5.48. The van der Waals surface area contributed by atoms with Crippen molar-refractivity contribution in [1.82, 2.24) is 15.4 Å². The number of hydrogen-bond donors (Lipinski definition) is 3. The van der Waals surface area contributed by atoms with Crippen LogP contribution in [0.4, 0.5) is 10.2 Å². The van der Waals surface area contributed by atoms with Gasteiger partial charge in [0.1, 0.15) is 11.6 Å². The Morgan fingerprint density at radius 1 is 1.28 bits per heavy atom. The van der Waals surface area contributed by atoms with Gasteiger partial charge in [-0.15, -0.1) is 0 Å². The monoisotopic (exact) mass is 267 g/mol. The first kappa shape index (κ1) is 12.7. The SMILES string of the molecule is NNC(c1ccc(F)cn1)c1cc(Cl)cnc1N. The van der Waals surface area contributed by atoms with Crippen molar-refractivity contribution in [3.05, 3.63) is 52.7 Å². The van der Waals surface area contributed by atoms with Gasteiger partial charge in [-0.2, -0.15) is 0 Å². The van der Waals surface area contributed by atoms with Gasteiger partial charge in [0.15, 0.2) is 0 Å². The Kier molecular flexibility index (Phi) is 3.71. The molecule has 0 saturated heterocycles. The Bertz CT molecular complexity index is 546. The predicted molar refractivity (Wildman–Crippen MR) is 67.0 cm³/mol. The summed E-state index contributed by atoms with van der Waals surface area (Å²) in [6.07, 6.45) is 2.54. The third-order valence-corrected chi connectivity index (χ3v) is 2.65. The standard InChI is InChI=1S/C11H11ClFN5/c12-6-3-8(11(14)17-4-6)10(18-15)9-2-1-7(13)5-16-9/h1-5,10,18H,15H2,(H2,14,17). The van der Waals surface area contributed by atoms with Crippen molar-refractivity contribution in [3.63, 3.8) is 0 Å². The second-order valence-corrected chi connectivity index (χ2v) is 4.07. The van der Waals surface area contributed by atoms with Gasteiger partial charge in [-0.05, 0) is 18.2 Å². The van der Waals surface area contributed by atoms with Crippen LogP contribution in [0, 0.1) is 5.82 Å². The molecule has 0 bridgehead atoms. The molecule has 0 amide bonds. The normalized spacial score (nSPS) is 12.4. The minimum Gasteiger partial charge on any atom is -0.383 e. The molecule has 1 atom stereocenters. The summed E-state index contributed by atoms with van der Waals surface area (Å²) in [7, 11) is 0. The molecule has 7 heteroatoms. The van der Waals surface area contributed by atoms with E-state index in [9.17, 15) is 4.39 Å². The van der Waals surface area contributed by atoms with Crippen molar-refractivity contribution < 1.29 is 4.39 Å². The average molecular weight is 268 g/mol. The molecule has 0 aliphatic carbocycles. The number of aromatic nitrogens is 2. The molecule has 2 heterocycles. The first-order valence-electron chi connectivity index (χ1n) is 5.10. The maximum Gasteiger partial charge on any atom is 0.141 e. The number of halogens is 2. The molecule has 0 fully saturated rings. The predicted octanol–water partition coefficient (Wildman–Crippen LogP) is 1.40. The van der Waals surface area contributed by atoms with Gasteiger partial charge < -0.3 is 5.73 Å². The van der Waals surface area contributed by atoms with Crippen LogP contribution in [0.15, 0.2) is 30.6 Å². The van der Waals surface area contributed by atoms with Gasteiger partial charge in [0, 0.05) is 11.8 Å². The molecule has 18 heavy (non-hydrogen) atoms. The highest BCUT2D eigenvalue weighted by Crippen LogP contribution is 2.26. The summed E-state index contributed by atoms with van der Waals surface area (Å²) in [6, 6.07) is 3.94. The molecule has 94 valence electrons. The summed E-state index contributed by atoms with van der Waals surface area (Å²) in [5, 5.41) is 0.432. The Balaban J connectivity index is 2.44. The van der Waals surface area contributed by atoms with Crippen LogP contribution in [0.3, 0.4) is 0 Å². The summed E-state index contributed by atoms with van der Waals surface area (Å²) < 4.78 is 12.8. The van der Waals surface area contributed by atoms with Crippen molar-refractivity contribution in [2.75, 3.05) is 5.73 Å². The first-order chi connectivity index (χ1) is 8.61. The van der Waals surface area contributed by atoms with Gasteiger partial charge in [0.2, 0.25) is 0 Å². The molecule has 5 nitrogen and oxygen atoms in total. The highest BCUT2D eigenvalue weighted by Gasteiger charge is 2.17. The van der Waals surface area contributed by atoms with Crippen LogP contribution in [0.25, 0.3) is 0 Å². The third kappa shape index (κ3) is 2.56. The fraction of sp³-hybridized carbons (Fsp3) is 0.0909. The number of hydrogen-bond acceptors (Lipinski definition) is 5. The van der Waals surface area contributed by atoms with E-state index in [4.69, 9.17) is 23.2 Å². The second kappa shape index (κ2) is 5.26. The third-order valence-electron chi connectivity index (χ3n) is 2.44. The summed E-state index contributed by atoms with van der Waals surface area (Å²) in [6.45, 7) is 0. The summed E-state index contributed by atoms with van der Waals surface area (Å²) >= 11 is 5.86. The van der Waals surface area contributed by atoms with Gasteiger partial charge in [-0.1, -0.05) is 11.6 Å². The molecule has 1 unspecified atom stereocenters. The molecule has 2 aromatic heterocycles. The van der Waals surface area contributed by atoms with Gasteiger partial charge in [-0.25, -0.2) is 14.8 Å². The number of rotatable bonds is 3. The zero-order valence-electron chi connectivity index (χ0n) is 9.27. The number of pyridine rings is 2.